The average Bonchev–Trinajstić information content (AvgIpc) is 3.97. The Morgan fingerprint density at radius 2 is 0.881 bits per heavy atom. The molecule has 0 saturated heterocycles. The second-order valence-corrected chi connectivity index (χ2v) is 16.2. The molecule has 11 rings (SSSR count). The Bertz CT molecular complexity index is 3540. The molecule has 0 atom stereocenters. The first-order chi connectivity index (χ1) is 28.6. The molecular formula is C45H34B8N4O2. The van der Waals surface area contributed by atoms with Crippen LogP contribution in [0.25, 0.3) is 106 Å². The Morgan fingerprint density at radius 3 is 1.56 bits per heavy atom. The Balaban J connectivity index is 1.26. The summed E-state index contributed by atoms with van der Waals surface area (Å²) in [5, 5.41) is 6.63. The van der Waals surface area contributed by atoms with Crippen LogP contribution in [0.4, 0.5) is 0 Å². The van der Waals surface area contributed by atoms with Crippen LogP contribution >= 0.6 is 0 Å². The monoisotopic (exact) mass is 750 g/mol. The molecule has 0 spiro atoms. The molecule has 0 radical (unpaired) electrons. The quantitative estimate of drug-likeness (QED) is 0.192. The van der Waals surface area contributed by atoms with Gasteiger partial charge in [0.05, 0.1) is 0 Å². The molecule has 0 unspecified atom stereocenters. The largest absolute Gasteiger partial charge is 0.456 e. The lowest BCUT2D eigenvalue weighted by atomic mass is 9.63. The van der Waals surface area contributed by atoms with E-state index < -0.39 is 0 Å². The molecule has 4 heterocycles. The standard InChI is InChI=1S/C45H34B8N4O2/c46-32-30-31-33(47)35(49)37(51)39(53)41(31)57(40(30)38(52)36(50)34(32)48)45-55-43(19-9-2-1-3-10-19)54-44(56-45)24-15-8-18-27-29(24)28-21(12-7-17-26(28)58-27)23-14-6-13-22-20-11-4-5-16-25(20)59-42(22)23/h1-18H,46-53H2. The summed E-state index contributed by atoms with van der Waals surface area (Å²) in [7, 11) is 18.0. The summed E-state index contributed by atoms with van der Waals surface area (Å²) in [5.41, 5.74) is 19.6. The zero-order chi connectivity index (χ0) is 40.4. The van der Waals surface area contributed by atoms with Gasteiger partial charge < -0.3 is 8.83 Å². The zero-order valence-electron chi connectivity index (χ0n) is 34.5. The minimum atomic E-state index is 0.574. The first-order valence-corrected chi connectivity index (χ1v) is 20.3. The number of hydrogen-bond acceptors (Lipinski definition) is 5. The minimum Gasteiger partial charge on any atom is -0.456 e. The van der Waals surface area contributed by atoms with Gasteiger partial charge in [-0.2, -0.15) is 9.97 Å². The molecule has 11 aromatic rings. The highest BCUT2D eigenvalue weighted by Crippen LogP contribution is 2.44. The van der Waals surface area contributed by atoms with E-state index in [1.165, 1.54) is 54.5 Å². The molecule has 0 bridgehead atoms. The Kier molecular flexibility index (Phi) is 7.84. The molecule has 0 fully saturated rings. The van der Waals surface area contributed by atoms with Crippen molar-refractivity contribution in [2.45, 2.75) is 0 Å². The predicted molar refractivity (Wildman–Crippen MR) is 270 cm³/mol. The van der Waals surface area contributed by atoms with Crippen LogP contribution in [-0.4, -0.2) is 82.3 Å². The predicted octanol–water partition coefficient (Wildman–Crippen LogP) is -2.16. The maximum Gasteiger partial charge on any atom is 0.238 e. The molecule has 0 N–H and O–H groups in total. The highest BCUT2D eigenvalue weighted by Gasteiger charge is 2.27. The molecule has 0 aliphatic heterocycles. The molecule has 6 nitrogen and oxygen atoms in total. The Hall–Kier alpha value is -6.53. The normalized spacial score (nSPS) is 11.9. The lowest BCUT2D eigenvalue weighted by molar-refractivity contribution is 0.668. The van der Waals surface area contributed by atoms with Gasteiger partial charge in [-0.3, -0.25) is 4.57 Å². The van der Waals surface area contributed by atoms with Gasteiger partial charge in [-0.25, -0.2) is 4.98 Å². The topological polar surface area (TPSA) is 69.9 Å². The van der Waals surface area contributed by atoms with Gasteiger partial charge in [0.25, 0.3) is 0 Å². The van der Waals surface area contributed by atoms with E-state index in [1.54, 1.807) is 0 Å². The number of para-hydroxylation sites is 2. The van der Waals surface area contributed by atoms with E-state index in [2.05, 4.69) is 128 Å². The van der Waals surface area contributed by atoms with Crippen molar-refractivity contribution in [1.82, 2.24) is 19.5 Å². The summed E-state index contributed by atoms with van der Waals surface area (Å²) in [5.74, 6) is 1.77. The molecule has 270 valence electrons. The van der Waals surface area contributed by atoms with Gasteiger partial charge in [0.2, 0.25) is 5.95 Å². The number of hydrogen-bond donors (Lipinski definition) is 0. The minimum absolute atomic E-state index is 0.574. The number of furan rings is 2. The van der Waals surface area contributed by atoms with Crippen LogP contribution in [0.15, 0.2) is 118 Å². The van der Waals surface area contributed by atoms with Gasteiger partial charge in [-0.1, -0.05) is 124 Å². The van der Waals surface area contributed by atoms with Gasteiger partial charge in [0.1, 0.15) is 85.1 Å². The summed E-state index contributed by atoms with van der Waals surface area (Å²) in [6.07, 6.45) is 0. The maximum atomic E-state index is 6.68. The zero-order valence-corrected chi connectivity index (χ0v) is 34.5. The van der Waals surface area contributed by atoms with Gasteiger partial charge in [-0.15, -0.1) is 10.9 Å². The van der Waals surface area contributed by atoms with Crippen LogP contribution in [0, 0.1) is 0 Å². The van der Waals surface area contributed by atoms with Crippen molar-refractivity contribution in [3.63, 3.8) is 0 Å². The number of nitrogens with zero attached hydrogens (tertiary/aromatic N) is 4. The molecule has 59 heavy (non-hydrogen) atoms. The van der Waals surface area contributed by atoms with Crippen LogP contribution in [0.3, 0.4) is 0 Å². The van der Waals surface area contributed by atoms with Crippen LogP contribution in [0.1, 0.15) is 0 Å². The van der Waals surface area contributed by atoms with Crippen molar-refractivity contribution < 1.29 is 8.83 Å². The van der Waals surface area contributed by atoms with E-state index in [0.717, 1.165) is 77.2 Å². The smallest absolute Gasteiger partial charge is 0.238 e. The molecular weight excluding hydrogens is 715 g/mol. The van der Waals surface area contributed by atoms with Crippen molar-refractivity contribution in [3.05, 3.63) is 109 Å². The third-order valence-electron chi connectivity index (χ3n) is 13.3. The number of rotatable bonds is 4. The van der Waals surface area contributed by atoms with E-state index in [9.17, 15) is 0 Å². The van der Waals surface area contributed by atoms with Crippen LogP contribution in [0.5, 0.6) is 0 Å². The van der Waals surface area contributed by atoms with Crippen molar-refractivity contribution in [2.75, 3.05) is 0 Å². The highest BCUT2D eigenvalue weighted by molar-refractivity contribution is 6.71. The lowest BCUT2D eigenvalue weighted by Gasteiger charge is -2.17. The van der Waals surface area contributed by atoms with Crippen molar-refractivity contribution in [1.29, 1.82) is 0 Å². The second-order valence-electron chi connectivity index (χ2n) is 16.2. The fraction of sp³-hybridized carbons (Fsp3) is 0. The van der Waals surface area contributed by atoms with Crippen LogP contribution in [0.2, 0.25) is 0 Å². The summed E-state index contributed by atoms with van der Waals surface area (Å²) in [6, 6.07) is 37.3. The summed E-state index contributed by atoms with van der Waals surface area (Å²) >= 11 is 0. The summed E-state index contributed by atoms with van der Waals surface area (Å²) in [6.45, 7) is 0. The first kappa shape index (κ1) is 35.6. The molecule has 14 heteroatoms. The molecule has 7 aromatic carbocycles. The molecule has 0 aliphatic rings. The van der Waals surface area contributed by atoms with E-state index >= 15 is 0 Å². The SMILES string of the molecule is Bc1c(B)c(B)c2c(c1B)c1c(B)c(B)c(B)c(B)c1n2-c1nc(-c2ccccc2)nc(-c2cccc3oc4cccc(-c5cccc6c5oc5ccccc56)c4c23)n1. The fourth-order valence-electron chi connectivity index (χ4n) is 9.61. The molecule has 0 saturated carbocycles. The number of benzene rings is 7. The van der Waals surface area contributed by atoms with E-state index in [0.29, 0.717) is 17.6 Å². The summed E-state index contributed by atoms with van der Waals surface area (Å²) < 4.78 is 15.6. The maximum absolute atomic E-state index is 6.68. The van der Waals surface area contributed by atoms with Crippen molar-refractivity contribution >= 4 is 172 Å². The first-order valence-electron chi connectivity index (χ1n) is 20.3. The van der Waals surface area contributed by atoms with Crippen LogP contribution in [-0.2, 0) is 0 Å². The number of fused-ring (bicyclic) bond motifs is 9. The van der Waals surface area contributed by atoms with E-state index in [-0.39, 0.29) is 0 Å². The molecule has 0 aliphatic carbocycles. The van der Waals surface area contributed by atoms with E-state index in [4.69, 9.17) is 23.8 Å². The lowest BCUT2D eigenvalue weighted by Crippen LogP contribution is -2.49. The van der Waals surface area contributed by atoms with Crippen molar-refractivity contribution in [3.8, 4) is 39.9 Å². The van der Waals surface area contributed by atoms with Gasteiger partial charge in [0.15, 0.2) is 11.6 Å². The summed E-state index contributed by atoms with van der Waals surface area (Å²) in [4.78, 5) is 16.2. The van der Waals surface area contributed by atoms with E-state index in [1.807, 2.05) is 48.5 Å². The molecule has 4 aromatic heterocycles. The van der Waals surface area contributed by atoms with Crippen LogP contribution < -0.4 is 43.7 Å². The fourth-order valence-corrected chi connectivity index (χ4v) is 9.61. The third kappa shape index (κ3) is 5.02. The Morgan fingerprint density at radius 1 is 0.373 bits per heavy atom. The average molecular weight is 749 g/mol. The van der Waals surface area contributed by atoms with Gasteiger partial charge in [-0.05, 0) is 34.5 Å². The third-order valence-corrected chi connectivity index (χ3v) is 13.3. The Labute approximate surface area is 348 Å². The number of aromatic nitrogens is 4. The molecule has 0 amide bonds. The second kappa shape index (κ2) is 13.0. The van der Waals surface area contributed by atoms with Gasteiger partial charge in [0, 0.05) is 49.3 Å². The highest BCUT2D eigenvalue weighted by atomic mass is 16.3. The van der Waals surface area contributed by atoms with Gasteiger partial charge >= 0.3 is 0 Å². The van der Waals surface area contributed by atoms with Crippen molar-refractivity contribution in [2.24, 2.45) is 0 Å².